The van der Waals surface area contributed by atoms with Gasteiger partial charge in [0.15, 0.2) is 16.6 Å². The molecule has 0 saturated heterocycles. The molecule has 0 saturated carbocycles. The number of amides is 1. The van der Waals surface area contributed by atoms with Crippen LogP contribution >= 0.6 is 22.9 Å². The van der Waals surface area contributed by atoms with Crippen molar-refractivity contribution in [2.75, 3.05) is 4.90 Å². The second-order valence-corrected chi connectivity index (χ2v) is 8.83. The summed E-state index contributed by atoms with van der Waals surface area (Å²) >= 11 is 7.67. The SMILES string of the molecule is Cc1cc(Cl)cc2sc(N(Cc3ccccc3)C(=O)c3cc(-c4ccccc4)on3)nc12. The molecule has 32 heavy (non-hydrogen) atoms. The molecule has 7 heteroatoms. The molecule has 0 radical (unpaired) electrons. The van der Waals surface area contributed by atoms with Crippen molar-refractivity contribution in [2.45, 2.75) is 13.5 Å². The maximum Gasteiger partial charge on any atom is 0.282 e. The van der Waals surface area contributed by atoms with Crippen LogP contribution in [0.5, 0.6) is 0 Å². The molecule has 5 aromatic rings. The molecule has 5 nitrogen and oxygen atoms in total. The standard InChI is InChI=1S/C25H18ClN3O2S/c1-16-12-19(26)13-22-23(16)27-25(32-22)29(15-17-8-4-2-5-9-17)24(30)20-14-21(31-28-20)18-10-6-3-7-11-18/h2-14H,15H2,1H3. The Morgan fingerprint density at radius 2 is 1.75 bits per heavy atom. The van der Waals surface area contributed by atoms with Gasteiger partial charge in [-0.3, -0.25) is 9.69 Å². The first-order chi connectivity index (χ1) is 15.6. The molecule has 0 N–H and O–H groups in total. The summed E-state index contributed by atoms with van der Waals surface area (Å²) in [5.74, 6) is 0.267. The van der Waals surface area contributed by atoms with Gasteiger partial charge < -0.3 is 4.52 Å². The predicted molar refractivity (Wildman–Crippen MR) is 128 cm³/mol. The van der Waals surface area contributed by atoms with Gasteiger partial charge in [0.05, 0.1) is 16.8 Å². The minimum Gasteiger partial charge on any atom is -0.355 e. The molecule has 158 valence electrons. The topological polar surface area (TPSA) is 59.2 Å². The van der Waals surface area contributed by atoms with Crippen molar-refractivity contribution in [3.63, 3.8) is 0 Å². The lowest BCUT2D eigenvalue weighted by Crippen LogP contribution is -2.30. The number of benzene rings is 3. The van der Waals surface area contributed by atoms with E-state index in [9.17, 15) is 4.79 Å². The Balaban J connectivity index is 1.55. The smallest absolute Gasteiger partial charge is 0.282 e. The average Bonchev–Trinajstić information content (AvgIpc) is 3.46. The van der Waals surface area contributed by atoms with Crippen molar-refractivity contribution >= 4 is 44.2 Å². The fourth-order valence-corrected chi connectivity index (χ4v) is 4.92. The largest absolute Gasteiger partial charge is 0.355 e. The van der Waals surface area contributed by atoms with E-state index < -0.39 is 0 Å². The fraction of sp³-hybridized carbons (Fsp3) is 0.0800. The third-order valence-corrected chi connectivity index (χ3v) is 6.33. The molecule has 0 atom stereocenters. The highest BCUT2D eigenvalue weighted by molar-refractivity contribution is 7.22. The highest BCUT2D eigenvalue weighted by atomic mass is 35.5. The van der Waals surface area contributed by atoms with E-state index in [2.05, 4.69) is 5.16 Å². The maximum atomic E-state index is 13.6. The first-order valence-electron chi connectivity index (χ1n) is 10.0. The van der Waals surface area contributed by atoms with E-state index in [1.807, 2.05) is 79.7 Å². The van der Waals surface area contributed by atoms with Gasteiger partial charge in [-0.1, -0.05) is 88.8 Å². The van der Waals surface area contributed by atoms with Crippen molar-refractivity contribution < 1.29 is 9.32 Å². The minimum absolute atomic E-state index is 0.230. The lowest BCUT2D eigenvalue weighted by molar-refractivity contribution is 0.0976. The lowest BCUT2D eigenvalue weighted by atomic mass is 10.1. The van der Waals surface area contributed by atoms with Crippen molar-refractivity contribution in [1.29, 1.82) is 0 Å². The molecule has 5 rings (SSSR count). The molecule has 1 amide bonds. The number of aromatic nitrogens is 2. The average molecular weight is 460 g/mol. The first kappa shape index (κ1) is 20.4. The van der Waals surface area contributed by atoms with Gasteiger partial charge >= 0.3 is 0 Å². The van der Waals surface area contributed by atoms with Crippen molar-refractivity contribution in [3.05, 3.63) is 101 Å². The fourth-order valence-electron chi connectivity index (χ4n) is 3.50. The van der Waals surface area contributed by atoms with Gasteiger partial charge in [0.25, 0.3) is 5.91 Å². The van der Waals surface area contributed by atoms with Crippen LogP contribution in [0, 0.1) is 6.92 Å². The molecule has 0 aliphatic rings. The van der Waals surface area contributed by atoms with E-state index in [4.69, 9.17) is 21.1 Å². The van der Waals surface area contributed by atoms with E-state index in [0.717, 1.165) is 26.9 Å². The molecule has 2 aromatic heterocycles. The van der Waals surface area contributed by atoms with Crippen LogP contribution in [0.3, 0.4) is 0 Å². The Kier molecular flexibility index (Phi) is 5.47. The van der Waals surface area contributed by atoms with Crippen molar-refractivity contribution in [2.24, 2.45) is 0 Å². The number of carbonyl (C=O) groups excluding carboxylic acids is 1. The van der Waals surface area contributed by atoms with Crippen LogP contribution in [0.25, 0.3) is 21.5 Å². The summed E-state index contributed by atoms with van der Waals surface area (Å²) in [6, 6.07) is 24.8. The Bertz CT molecular complexity index is 1400. The number of nitrogens with zero attached hydrogens (tertiary/aromatic N) is 3. The molecule has 0 fully saturated rings. The second-order valence-electron chi connectivity index (χ2n) is 7.39. The molecule has 0 unspecified atom stereocenters. The van der Waals surface area contributed by atoms with Gasteiger partial charge in [0.2, 0.25) is 0 Å². The monoisotopic (exact) mass is 459 g/mol. The van der Waals surface area contributed by atoms with Crippen LogP contribution < -0.4 is 4.90 Å². The van der Waals surface area contributed by atoms with Crippen molar-refractivity contribution in [3.8, 4) is 11.3 Å². The van der Waals surface area contributed by atoms with E-state index >= 15 is 0 Å². The second kappa shape index (κ2) is 8.57. The van der Waals surface area contributed by atoms with E-state index in [0.29, 0.717) is 22.5 Å². The summed E-state index contributed by atoms with van der Waals surface area (Å²) in [4.78, 5) is 20.0. The van der Waals surface area contributed by atoms with Gasteiger partial charge in [-0.15, -0.1) is 0 Å². The van der Waals surface area contributed by atoms with E-state index in [1.54, 1.807) is 11.0 Å². The summed E-state index contributed by atoms with van der Waals surface area (Å²) in [7, 11) is 0. The summed E-state index contributed by atoms with van der Waals surface area (Å²) in [6.45, 7) is 2.32. The van der Waals surface area contributed by atoms with Gasteiger partial charge in [-0.05, 0) is 30.2 Å². The number of thiazole rings is 1. The van der Waals surface area contributed by atoms with E-state index in [-0.39, 0.29) is 11.6 Å². The van der Waals surface area contributed by atoms with Gasteiger partial charge in [-0.25, -0.2) is 4.98 Å². The summed E-state index contributed by atoms with van der Waals surface area (Å²) in [6.07, 6.45) is 0. The Hall–Kier alpha value is -3.48. The molecule has 0 aliphatic heterocycles. The Morgan fingerprint density at radius 3 is 2.50 bits per heavy atom. The first-order valence-corrected chi connectivity index (χ1v) is 11.2. The number of hydrogen-bond donors (Lipinski definition) is 0. The Labute approximate surface area is 193 Å². The number of halogens is 1. The van der Waals surface area contributed by atoms with Crippen LogP contribution in [0.1, 0.15) is 21.6 Å². The number of rotatable bonds is 5. The van der Waals surface area contributed by atoms with Crippen molar-refractivity contribution in [1.82, 2.24) is 10.1 Å². The van der Waals surface area contributed by atoms with Gasteiger partial charge in [0.1, 0.15) is 0 Å². The zero-order valence-electron chi connectivity index (χ0n) is 17.2. The molecule has 0 bridgehead atoms. The van der Waals surface area contributed by atoms with E-state index in [1.165, 1.54) is 11.3 Å². The predicted octanol–water partition coefficient (Wildman–Crippen LogP) is 6.76. The Morgan fingerprint density at radius 1 is 1.03 bits per heavy atom. The number of hydrogen-bond acceptors (Lipinski definition) is 5. The number of fused-ring (bicyclic) bond motifs is 1. The zero-order valence-corrected chi connectivity index (χ0v) is 18.7. The molecule has 2 heterocycles. The summed E-state index contributed by atoms with van der Waals surface area (Å²) in [5.41, 5.74) is 3.88. The third kappa shape index (κ3) is 4.02. The normalized spacial score (nSPS) is 11.1. The zero-order chi connectivity index (χ0) is 22.1. The van der Waals surface area contributed by atoms with Crippen LogP contribution in [-0.2, 0) is 6.54 Å². The molecule has 0 aliphatic carbocycles. The third-order valence-electron chi connectivity index (χ3n) is 5.09. The van der Waals surface area contributed by atoms with Crippen LogP contribution in [0.15, 0.2) is 83.4 Å². The number of aryl methyl sites for hydroxylation is 1. The summed E-state index contributed by atoms with van der Waals surface area (Å²) < 4.78 is 6.40. The minimum atomic E-state index is -0.275. The summed E-state index contributed by atoms with van der Waals surface area (Å²) in [5, 5.41) is 5.29. The highest BCUT2D eigenvalue weighted by Crippen LogP contribution is 2.34. The molecule has 0 spiro atoms. The van der Waals surface area contributed by atoms with Gasteiger partial charge in [-0.2, -0.15) is 0 Å². The molecule has 3 aromatic carbocycles. The number of anilines is 1. The molecular weight excluding hydrogens is 442 g/mol. The lowest BCUT2D eigenvalue weighted by Gasteiger charge is -2.18. The number of carbonyl (C=O) groups is 1. The van der Waals surface area contributed by atoms with Crippen LogP contribution in [-0.4, -0.2) is 16.0 Å². The van der Waals surface area contributed by atoms with Crippen LogP contribution in [0.4, 0.5) is 5.13 Å². The quantitative estimate of drug-likeness (QED) is 0.291. The highest BCUT2D eigenvalue weighted by Gasteiger charge is 2.25. The maximum absolute atomic E-state index is 13.6. The van der Waals surface area contributed by atoms with Gasteiger partial charge in [0, 0.05) is 16.7 Å². The van der Waals surface area contributed by atoms with Crippen LogP contribution in [0.2, 0.25) is 5.02 Å². The molecular formula is C25H18ClN3O2S.